The molecule has 2 N–H and O–H groups in total. The number of piperazine rings is 1. The van der Waals surface area contributed by atoms with Gasteiger partial charge in [-0.2, -0.15) is 0 Å². The van der Waals surface area contributed by atoms with Crippen LogP contribution in [0.1, 0.15) is 24.4 Å². The fourth-order valence-electron chi connectivity index (χ4n) is 2.26. The third-order valence-electron chi connectivity index (χ3n) is 3.20. The second-order valence-corrected chi connectivity index (χ2v) is 4.59. The first-order valence-electron chi connectivity index (χ1n) is 6.43. The summed E-state index contributed by atoms with van der Waals surface area (Å²) in [7, 11) is 0. The molecule has 0 radical (unpaired) electrons. The molecule has 20 heavy (non-hydrogen) atoms. The van der Waals surface area contributed by atoms with E-state index in [0.29, 0.717) is 13.1 Å². The molecule has 1 fully saturated rings. The van der Waals surface area contributed by atoms with Gasteiger partial charge >= 0.3 is 5.97 Å². The zero-order valence-corrected chi connectivity index (χ0v) is 10.9. The zero-order valence-electron chi connectivity index (χ0n) is 10.9. The molecule has 1 saturated heterocycles. The van der Waals surface area contributed by atoms with Crippen molar-refractivity contribution < 1.29 is 19.5 Å². The van der Waals surface area contributed by atoms with Crippen molar-refractivity contribution in [2.75, 3.05) is 13.1 Å². The summed E-state index contributed by atoms with van der Waals surface area (Å²) < 4.78 is 0. The third-order valence-corrected chi connectivity index (χ3v) is 3.20. The van der Waals surface area contributed by atoms with E-state index in [1.54, 1.807) is 24.3 Å². The van der Waals surface area contributed by atoms with Gasteiger partial charge in [0.25, 0.3) is 0 Å². The Labute approximate surface area is 116 Å². The Morgan fingerprint density at radius 3 is 2.60 bits per heavy atom. The van der Waals surface area contributed by atoms with Crippen LogP contribution >= 0.6 is 0 Å². The lowest BCUT2D eigenvalue weighted by Gasteiger charge is -2.35. The number of nitrogens with one attached hydrogen (secondary N) is 1. The zero-order chi connectivity index (χ0) is 14.5. The van der Waals surface area contributed by atoms with Crippen molar-refractivity contribution in [1.82, 2.24) is 10.2 Å². The van der Waals surface area contributed by atoms with Crippen LogP contribution in [0.2, 0.25) is 0 Å². The minimum atomic E-state index is -1.02. The number of hydrogen-bond acceptors (Lipinski definition) is 3. The normalized spacial score (nSPS) is 18.5. The molecule has 1 heterocycles. The van der Waals surface area contributed by atoms with Crippen molar-refractivity contribution in [2.45, 2.75) is 18.9 Å². The van der Waals surface area contributed by atoms with Gasteiger partial charge in [0.2, 0.25) is 11.8 Å². The lowest BCUT2D eigenvalue weighted by atomic mass is 10.0. The second-order valence-electron chi connectivity index (χ2n) is 4.59. The molecule has 0 spiro atoms. The lowest BCUT2D eigenvalue weighted by molar-refractivity contribution is -0.146. The molecule has 0 aromatic heterocycles. The van der Waals surface area contributed by atoms with E-state index in [9.17, 15) is 14.4 Å². The van der Waals surface area contributed by atoms with E-state index in [2.05, 4.69) is 5.32 Å². The molecular weight excluding hydrogens is 260 g/mol. The summed E-state index contributed by atoms with van der Waals surface area (Å²) >= 11 is 0. The minimum absolute atomic E-state index is 0.0913. The first kappa shape index (κ1) is 14.0. The first-order chi connectivity index (χ1) is 9.59. The van der Waals surface area contributed by atoms with Crippen molar-refractivity contribution in [3.63, 3.8) is 0 Å². The van der Waals surface area contributed by atoms with E-state index in [0.717, 1.165) is 5.56 Å². The number of hydrogen-bond donors (Lipinski definition) is 2. The number of carboxylic acid groups (broad SMARTS) is 1. The Kier molecular flexibility index (Phi) is 4.34. The van der Waals surface area contributed by atoms with Gasteiger partial charge in [-0.3, -0.25) is 14.4 Å². The summed E-state index contributed by atoms with van der Waals surface area (Å²) in [5.74, 6) is -1.56. The average Bonchev–Trinajstić information content (AvgIpc) is 2.45. The number of carboxylic acids is 1. The Morgan fingerprint density at radius 2 is 1.95 bits per heavy atom. The van der Waals surface area contributed by atoms with E-state index in [1.165, 1.54) is 4.90 Å². The number of amides is 2. The quantitative estimate of drug-likeness (QED) is 0.841. The smallest absolute Gasteiger partial charge is 0.303 e. The molecule has 2 amide bonds. The molecule has 6 heteroatoms. The highest BCUT2D eigenvalue weighted by molar-refractivity contribution is 5.90. The molecule has 0 bridgehead atoms. The molecule has 1 aromatic rings. The Balaban J connectivity index is 2.18. The summed E-state index contributed by atoms with van der Waals surface area (Å²) in [6, 6.07) is 8.33. The number of nitrogens with zero attached hydrogens (tertiary/aromatic N) is 1. The summed E-state index contributed by atoms with van der Waals surface area (Å²) in [4.78, 5) is 36.1. The summed E-state index contributed by atoms with van der Waals surface area (Å²) in [6.45, 7) is 0.782. The summed E-state index contributed by atoms with van der Waals surface area (Å²) in [5.41, 5.74) is 0.730. The second kappa shape index (κ2) is 6.18. The van der Waals surface area contributed by atoms with Crippen LogP contribution in [0.15, 0.2) is 30.3 Å². The predicted octanol–water partition coefficient (Wildman–Crippen LogP) is 0.551. The maximum atomic E-state index is 12.1. The van der Waals surface area contributed by atoms with Gasteiger partial charge in [0.15, 0.2) is 0 Å². The van der Waals surface area contributed by atoms with Crippen LogP contribution in [0, 0.1) is 0 Å². The van der Waals surface area contributed by atoms with Crippen LogP contribution in [0.5, 0.6) is 0 Å². The minimum Gasteiger partial charge on any atom is -0.481 e. The number of aliphatic carboxylic acids is 1. The molecule has 1 atom stereocenters. The van der Waals surface area contributed by atoms with Crippen molar-refractivity contribution in [3.05, 3.63) is 35.9 Å². The Morgan fingerprint density at radius 1 is 1.25 bits per heavy atom. The fraction of sp³-hybridized carbons (Fsp3) is 0.357. The van der Waals surface area contributed by atoms with Gasteiger partial charge in [0, 0.05) is 19.5 Å². The van der Waals surface area contributed by atoms with Crippen LogP contribution in [0.3, 0.4) is 0 Å². The van der Waals surface area contributed by atoms with Crippen molar-refractivity contribution in [2.24, 2.45) is 0 Å². The number of carbonyl (C=O) groups excluding carboxylic acids is 2. The predicted molar refractivity (Wildman–Crippen MR) is 70.8 cm³/mol. The molecule has 2 rings (SSSR count). The summed E-state index contributed by atoms with van der Waals surface area (Å²) in [6.07, 6.45) is -0.315. The molecule has 0 aliphatic carbocycles. The van der Waals surface area contributed by atoms with Gasteiger partial charge in [-0.25, -0.2) is 0 Å². The highest BCUT2D eigenvalue weighted by atomic mass is 16.4. The van der Waals surface area contributed by atoms with E-state index in [4.69, 9.17) is 5.11 Å². The van der Waals surface area contributed by atoms with Gasteiger partial charge in [-0.15, -0.1) is 0 Å². The van der Waals surface area contributed by atoms with Crippen molar-refractivity contribution in [3.8, 4) is 0 Å². The number of benzene rings is 1. The molecule has 1 aliphatic rings. The van der Waals surface area contributed by atoms with Crippen LogP contribution in [0.4, 0.5) is 0 Å². The lowest BCUT2D eigenvalue weighted by Crippen LogP contribution is -2.52. The number of carbonyl (C=O) groups is 3. The SMILES string of the molecule is O=C(O)CCC(=O)N1CCNC(=O)C1c1ccccc1. The van der Waals surface area contributed by atoms with Gasteiger partial charge in [-0.05, 0) is 5.56 Å². The molecule has 1 unspecified atom stereocenters. The maximum Gasteiger partial charge on any atom is 0.303 e. The van der Waals surface area contributed by atoms with Crippen LogP contribution in [-0.2, 0) is 14.4 Å². The first-order valence-corrected chi connectivity index (χ1v) is 6.43. The molecule has 6 nitrogen and oxygen atoms in total. The van der Waals surface area contributed by atoms with E-state index in [1.807, 2.05) is 6.07 Å². The van der Waals surface area contributed by atoms with Crippen LogP contribution < -0.4 is 5.32 Å². The topological polar surface area (TPSA) is 86.7 Å². The summed E-state index contributed by atoms with van der Waals surface area (Å²) in [5, 5.41) is 11.4. The van der Waals surface area contributed by atoms with Crippen molar-refractivity contribution >= 4 is 17.8 Å². The molecular formula is C14H16N2O4. The van der Waals surface area contributed by atoms with Gasteiger partial charge in [0.1, 0.15) is 6.04 Å². The molecule has 1 aliphatic heterocycles. The van der Waals surface area contributed by atoms with E-state index >= 15 is 0 Å². The Hall–Kier alpha value is -2.37. The average molecular weight is 276 g/mol. The fourth-order valence-corrected chi connectivity index (χ4v) is 2.26. The van der Waals surface area contributed by atoms with Gasteiger partial charge in [0.05, 0.1) is 6.42 Å². The van der Waals surface area contributed by atoms with Crippen molar-refractivity contribution in [1.29, 1.82) is 0 Å². The van der Waals surface area contributed by atoms with E-state index in [-0.39, 0.29) is 24.7 Å². The molecule has 1 aromatic carbocycles. The standard InChI is InChI=1S/C14H16N2O4/c17-11(6-7-12(18)19)16-9-8-15-14(20)13(16)10-4-2-1-3-5-10/h1-5,13H,6-9H2,(H,15,20)(H,18,19). The maximum absolute atomic E-state index is 12.1. The van der Waals surface area contributed by atoms with Gasteiger partial charge < -0.3 is 15.3 Å². The molecule has 0 saturated carbocycles. The molecule has 106 valence electrons. The van der Waals surface area contributed by atoms with Crippen LogP contribution in [0.25, 0.3) is 0 Å². The monoisotopic (exact) mass is 276 g/mol. The van der Waals surface area contributed by atoms with Gasteiger partial charge in [-0.1, -0.05) is 30.3 Å². The largest absolute Gasteiger partial charge is 0.481 e. The van der Waals surface area contributed by atoms with Crippen LogP contribution in [-0.4, -0.2) is 40.9 Å². The Bertz CT molecular complexity index is 515. The highest BCUT2D eigenvalue weighted by Gasteiger charge is 2.33. The highest BCUT2D eigenvalue weighted by Crippen LogP contribution is 2.24. The third kappa shape index (κ3) is 3.14. The number of rotatable bonds is 4. The van der Waals surface area contributed by atoms with E-state index < -0.39 is 12.0 Å².